The molecule has 0 radical (unpaired) electrons. The van der Waals surface area contributed by atoms with Gasteiger partial charge in [-0.05, 0) is 57.1 Å². The summed E-state index contributed by atoms with van der Waals surface area (Å²) in [7, 11) is 0. The van der Waals surface area contributed by atoms with Crippen molar-refractivity contribution in [2.24, 2.45) is 0 Å². The zero-order valence-electron chi connectivity index (χ0n) is 10.9. The summed E-state index contributed by atoms with van der Waals surface area (Å²) >= 11 is 4.11. The van der Waals surface area contributed by atoms with E-state index in [1.54, 1.807) is 0 Å². The van der Waals surface area contributed by atoms with Crippen molar-refractivity contribution >= 4 is 18.5 Å². The number of halogens is 1. The summed E-state index contributed by atoms with van der Waals surface area (Å²) in [5.74, 6) is -0.871. The highest BCUT2D eigenvalue weighted by Gasteiger charge is 2.13. The second-order valence-electron chi connectivity index (χ2n) is 4.82. The first-order valence-corrected chi connectivity index (χ1v) is 7.10. The van der Waals surface area contributed by atoms with Crippen molar-refractivity contribution in [2.45, 2.75) is 24.2 Å². The summed E-state index contributed by atoms with van der Waals surface area (Å²) in [6, 6.07) is 4.25. The standard InChI is InChI=1S/C14H19FN2OS/c15-13-5-4-11(19)10-12(13)14(18)16-6-3-9-17-7-1-2-8-17/h4-5,10,19H,1-3,6-9H2,(H,16,18). The predicted octanol–water partition coefficient (Wildman–Crippen LogP) is 2.33. The first-order valence-electron chi connectivity index (χ1n) is 6.66. The number of carbonyl (C=O) groups is 1. The van der Waals surface area contributed by atoms with Gasteiger partial charge in [-0.2, -0.15) is 0 Å². The van der Waals surface area contributed by atoms with Crippen molar-refractivity contribution in [2.75, 3.05) is 26.2 Å². The molecule has 1 amide bonds. The molecule has 0 atom stereocenters. The van der Waals surface area contributed by atoms with Gasteiger partial charge in [-0.15, -0.1) is 12.6 Å². The number of benzene rings is 1. The Morgan fingerprint density at radius 3 is 2.84 bits per heavy atom. The van der Waals surface area contributed by atoms with E-state index in [1.165, 1.54) is 31.0 Å². The molecular weight excluding hydrogens is 263 g/mol. The average Bonchev–Trinajstić information content (AvgIpc) is 2.90. The fourth-order valence-electron chi connectivity index (χ4n) is 2.29. The molecule has 3 nitrogen and oxygen atoms in total. The number of rotatable bonds is 5. The first-order chi connectivity index (χ1) is 9.16. The van der Waals surface area contributed by atoms with Gasteiger partial charge in [0.05, 0.1) is 5.56 Å². The van der Waals surface area contributed by atoms with E-state index in [1.807, 2.05) is 0 Å². The molecule has 1 saturated heterocycles. The molecule has 0 unspecified atom stereocenters. The fourth-order valence-corrected chi connectivity index (χ4v) is 2.50. The number of nitrogens with zero attached hydrogens (tertiary/aromatic N) is 1. The van der Waals surface area contributed by atoms with Crippen LogP contribution in [0.5, 0.6) is 0 Å². The Bertz CT molecular complexity index is 447. The average molecular weight is 282 g/mol. The van der Waals surface area contributed by atoms with Crippen molar-refractivity contribution in [1.82, 2.24) is 10.2 Å². The lowest BCUT2D eigenvalue weighted by Gasteiger charge is -2.14. The minimum Gasteiger partial charge on any atom is -0.352 e. The number of hydrogen-bond acceptors (Lipinski definition) is 3. The summed E-state index contributed by atoms with van der Waals surface area (Å²) in [5.41, 5.74) is 0.0636. The first kappa shape index (κ1) is 14.3. The lowest BCUT2D eigenvalue weighted by atomic mass is 10.2. The molecule has 5 heteroatoms. The van der Waals surface area contributed by atoms with Crippen LogP contribution in [0, 0.1) is 5.82 Å². The lowest BCUT2D eigenvalue weighted by molar-refractivity contribution is 0.0947. The van der Waals surface area contributed by atoms with Gasteiger partial charge in [0.2, 0.25) is 0 Å². The highest BCUT2D eigenvalue weighted by Crippen LogP contribution is 2.13. The molecule has 2 rings (SSSR count). The number of nitrogens with one attached hydrogen (secondary N) is 1. The van der Waals surface area contributed by atoms with Crippen LogP contribution >= 0.6 is 12.6 Å². The van der Waals surface area contributed by atoms with Crippen LogP contribution in [-0.4, -0.2) is 37.0 Å². The van der Waals surface area contributed by atoms with Crippen molar-refractivity contribution < 1.29 is 9.18 Å². The third kappa shape index (κ3) is 4.21. The van der Waals surface area contributed by atoms with Gasteiger partial charge in [0, 0.05) is 11.4 Å². The summed E-state index contributed by atoms with van der Waals surface area (Å²) in [5, 5.41) is 2.75. The maximum absolute atomic E-state index is 13.5. The van der Waals surface area contributed by atoms with E-state index in [0.29, 0.717) is 11.4 Å². The molecule has 19 heavy (non-hydrogen) atoms. The van der Waals surface area contributed by atoms with Crippen LogP contribution in [0.3, 0.4) is 0 Å². The largest absolute Gasteiger partial charge is 0.352 e. The summed E-state index contributed by atoms with van der Waals surface area (Å²) in [6.07, 6.45) is 3.44. The molecule has 0 aromatic heterocycles. The molecule has 0 aliphatic carbocycles. The van der Waals surface area contributed by atoms with Gasteiger partial charge >= 0.3 is 0 Å². The third-order valence-corrected chi connectivity index (χ3v) is 3.61. The number of hydrogen-bond donors (Lipinski definition) is 2. The molecule has 1 aliphatic heterocycles. The smallest absolute Gasteiger partial charge is 0.254 e. The minimum absolute atomic E-state index is 0.0636. The van der Waals surface area contributed by atoms with E-state index >= 15 is 0 Å². The van der Waals surface area contributed by atoms with E-state index in [-0.39, 0.29) is 11.5 Å². The molecule has 0 bridgehead atoms. The molecule has 1 N–H and O–H groups in total. The van der Waals surface area contributed by atoms with Crippen molar-refractivity contribution in [3.8, 4) is 0 Å². The van der Waals surface area contributed by atoms with E-state index < -0.39 is 5.82 Å². The van der Waals surface area contributed by atoms with Crippen LogP contribution in [0.25, 0.3) is 0 Å². The maximum atomic E-state index is 13.5. The van der Waals surface area contributed by atoms with Gasteiger partial charge in [0.1, 0.15) is 5.82 Å². The van der Waals surface area contributed by atoms with Crippen LogP contribution in [0.4, 0.5) is 4.39 Å². The monoisotopic (exact) mass is 282 g/mol. The highest BCUT2D eigenvalue weighted by molar-refractivity contribution is 7.80. The Morgan fingerprint density at radius 1 is 1.37 bits per heavy atom. The molecule has 1 aliphatic rings. The van der Waals surface area contributed by atoms with Gasteiger partial charge in [0.15, 0.2) is 0 Å². The normalized spacial score (nSPS) is 15.7. The molecule has 0 spiro atoms. The van der Waals surface area contributed by atoms with E-state index in [2.05, 4.69) is 22.8 Å². The van der Waals surface area contributed by atoms with E-state index in [0.717, 1.165) is 26.1 Å². The Kier molecular flexibility index (Phi) is 5.22. The minimum atomic E-state index is -0.505. The zero-order valence-corrected chi connectivity index (χ0v) is 11.8. The molecule has 1 aromatic carbocycles. The second-order valence-corrected chi connectivity index (χ2v) is 5.34. The van der Waals surface area contributed by atoms with E-state index in [9.17, 15) is 9.18 Å². The zero-order chi connectivity index (χ0) is 13.7. The van der Waals surface area contributed by atoms with Gasteiger partial charge < -0.3 is 10.2 Å². The van der Waals surface area contributed by atoms with E-state index in [4.69, 9.17) is 0 Å². The Labute approximate surface area is 118 Å². The molecular formula is C14H19FN2OS. The second kappa shape index (κ2) is 6.91. The van der Waals surface area contributed by atoms with Gasteiger partial charge in [-0.25, -0.2) is 4.39 Å². The van der Waals surface area contributed by atoms with Crippen LogP contribution in [0.2, 0.25) is 0 Å². The van der Waals surface area contributed by atoms with Crippen molar-refractivity contribution in [3.63, 3.8) is 0 Å². The third-order valence-electron chi connectivity index (χ3n) is 3.33. The molecule has 0 saturated carbocycles. The number of amides is 1. The van der Waals surface area contributed by atoms with Crippen LogP contribution in [-0.2, 0) is 0 Å². The predicted molar refractivity (Wildman–Crippen MR) is 76.3 cm³/mol. The summed E-state index contributed by atoms with van der Waals surface area (Å²) < 4.78 is 13.5. The molecule has 104 valence electrons. The number of thiol groups is 1. The fraction of sp³-hybridized carbons (Fsp3) is 0.500. The van der Waals surface area contributed by atoms with Crippen LogP contribution in [0.15, 0.2) is 23.1 Å². The Morgan fingerprint density at radius 2 is 2.11 bits per heavy atom. The van der Waals surface area contributed by atoms with Gasteiger partial charge in [0.25, 0.3) is 5.91 Å². The van der Waals surface area contributed by atoms with Crippen LogP contribution in [0.1, 0.15) is 29.6 Å². The van der Waals surface area contributed by atoms with Gasteiger partial charge in [-0.3, -0.25) is 4.79 Å². The van der Waals surface area contributed by atoms with Crippen LogP contribution < -0.4 is 5.32 Å². The number of carbonyl (C=O) groups excluding carboxylic acids is 1. The SMILES string of the molecule is O=C(NCCCN1CCCC1)c1cc(S)ccc1F. The summed E-state index contributed by atoms with van der Waals surface area (Å²) in [4.78, 5) is 14.8. The lowest BCUT2D eigenvalue weighted by Crippen LogP contribution is -2.29. The summed E-state index contributed by atoms with van der Waals surface area (Å²) in [6.45, 7) is 3.88. The Balaban J connectivity index is 1.75. The highest BCUT2D eigenvalue weighted by atomic mass is 32.1. The quantitative estimate of drug-likeness (QED) is 0.642. The maximum Gasteiger partial charge on any atom is 0.254 e. The molecule has 1 aromatic rings. The number of likely N-dealkylation sites (tertiary alicyclic amines) is 1. The van der Waals surface area contributed by atoms with Gasteiger partial charge in [-0.1, -0.05) is 0 Å². The van der Waals surface area contributed by atoms with Crippen molar-refractivity contribution in [1.29, 1.82) is 0 Å². The Hall–Kier alpha value is -1.07. The molecule has 1 fully saturated rings. The molecule has 1 heterocycles. The topological polar surface area (TPSA) is 32.3 Å². The van der Waals surface area contributed by atoms with Crippen molar-refractivity contribution in [3.05, 3.63) is 29.6 Å².